The predicted molar refractivity (Wildman–Crippen MR) is 30.4 cm³/mol. The second-order valence-electron chi connectivity index (χ2n) is 1.27. The van der Waals surface area contributed by atoms with Gasteiger partial charge < -0.3 is 5.32 Å². The summed E-state index contributed by atoms with van der Waals surface area (Å²) in [4.78, 5) is 7.57. The van der Waals surface area contributed by atoms with Crippen LogP contribution in [0, 0.1) is 6.20 Å². The fourth-order valence-electron chi connectivity index (χ4n) is 0.389. The van der Waals surface area contributed by atoms with Gasteiger partial charge in [-0.05, 0) is 0 Å². The highest BCUT2D eigenvalue weighted by Gasteiger charge is 1.82. The van der Waals surface area contributed by atoms with Gasteiger partial charge in [0.15, 0.2) is 5.82 Å². The fraction of sp³-hybridized carbons (Fsp3) is 0.200. The summed E-state index contributed by atoms with van der Waals surface area (Å²) in [7, 11) is 1.78. The summed E-state index contributed by atoms with van der Waals surface area (Å²) in [5, 5.41) is 2.80. The predicted octanol–water partition coefficient (Wildman–Crippen LogP) is 0.318. The smallest absolute Gasteiger partial charge is 0.154 e. The SMILES string of the molecule is CNc1[c]nccn1. The Bertz CT molecular complexity index is 149. The number of nitrogens with zero attached hydrogens (tertiary/aromatic N) is 2. The van der Waals surface area contributed by atoms with E-state index in [4.69, 9.17) is 0 Å². The summed E-state index contributed by atoms with van der Waals surface area (Å²) in [5.41, 5.74) is 0. The third-order valence-electron chi connectivity index (χ3n) is 0.752. The molecule has 41 valence electrons. The third kappa shape index (κ3) is 0.932. The summed E-state index contributed by atoms with van der Waals surface area (Å²) in [6.45, 7) is 0. The van der Waals surface area contributed by atoms with Crippen molar-refractivity contribution in [3.05, 3.63) is 18.6 Å². The van der Waals surface area contributed by atoms with E-state index in [1.807, 2.05) is 0 Å². The van der Waals surface area contributed by atoms with Crippen LogP contribution in [0.2, 0.25) is 0 Å². The first-order chi connectivity index (χ1) is 3.93. The molecule has 1 N–H and O–H groups in total. The van der Waals surface area contributed by atoms with Crippen molar-refractivity contribution in [2.45, 2.75) is 0 Å². The van der Waals surface area contributed by atoms with Gasteiger partial charge in [-0.1, -0.05) is 0 Å². The van der Waals surface area contributed by atoms with Crippen LogP contribution in [0.15, 0.2) is 12.4 Å². The first kappa shape index (κ1) is 5.03. The molecule has 0 amide bonds. The topological polar surface area (TPSA) is 37.8 Å². The molecule has 1 heterocycles. The zero-order valence-corrected chi connectivity index (χ0v) is 4.55. The molecule has 0 aliphatic rings. The van der Waals surface area contributed by atoms with Gasteiger partial charge in [0.1, 0.15) is 6.20 Å². The molecule has 0 unspecified atom stereocenters. The highest BCUT2D eigenvalue weighted by Crippen LogP contribution is 1.90. The van der Waals surface area contributed by atoms with Crippen molar-refractivity contribution in [3.63, 3.8) is 0 Å². The summed E-state index contributed by atoms with van der Waals surface area (Å²) in [5.74, 6) is 0.674. The molecule has 1 aromatic rings. The van der Waals surface area contributed by atoms with Crippen LogP contribution in [0.25, 0.3) is 0 Å². The highest BCUT2D eigenvalue weighted by molar-refractivity contribution is 5.26. The van der Waals surface area contributed by atoms with E-state index in [1.165, 1.54) is 0 Å². The average molecular weight is 108 g/mol. The van der Waals surface area contributed by atoms with Gasteiger partial charge in [0.05, 0.1) is 0 Å². The first-order valence-corrected chi connectivity index (χ1v) is 2.30. The maximum Gasteiger partial charge on any atom is 0.154 e. The lowest BCUT2D eigenvalue weighted by molar-refractivity contribution is 1.18. The molecule has 3 nitrogen and oxygen atoms in total. The zero-order chi connectivity index (χ0) is 5.82. The van der Waals surface area contributed by atoms with E-state index in [-0.39, 0.29) is 0 Å². The van der Waals surface area contributed by atoms with Crippen molar-refractivity contribution in [2.24, 2.45) is 0 Å². The van der Waals surface area contributed by atoms with E-state index in [2.05, 4.69) is 21.5 Å². The van der Waals surface area contributed by atoms with Gasteiger partial charge in [-0.2, -0.15) is 0 Å². The van der Waals surface area contributed by atoms with Gasteiger partial charge >= 0.3 is 0 Å². The van der Waals surface area contributed by atoms with Crippen LogP contribution < -0.4 is 5.32 Å². The van der Waals surface area contributed by atoms with E-state index < -0.39 is 0 Å². The molecule has 0 bridgehead atoms. The molecule has 1 aromatic heterocycles. The van der Waals surface area contributed by atoms with Gasteiger partial charge in [-0.25, -0.2) is 9.97 Å². The number of aromatic nitrogens is 2. The van der Waals surface area contributed by atoms with Crippen molar-refractivity contribution in [3.8, 4) is 0 Å². The van der Waals surface area contributed by atoms with Crippen molar-refractivity contribution in [1.82, 2.24) is 9.97 Å². The Morgan fingerprint density at radius 3 is 2.88 bits per heavy atom. The molecular weight excluding hydrogens is 102 g/mol. The molecule has 0 atom stereocenters. The maximum absolute atomic E-state index is 3.87. The van der Waals surface area contributed by atoms with Crippen LogP contribution in [0.1, 0.15) is 0 Å². The van der Waals surface area contributed by atoms with Crippen molar-refractivity contribution < 1.29 is 0 Å². The second kappa shape index (κ2) is 2.26. The molecule has 8 heavy (non-hydrogen) atoms. The van der Waals surface area contributed by atoms with E-state index >= 15 is 0 Å². The zero-order valence-electron chi connectivity index (χ0n) is 4.55. The summed E-state index contributed by atoms with van der Waals surface area (Å²) >= 11 is 0. The van der Waals surface area contributed by atoms with Gasteiger partial charge in [0.2, 0.25) is 0 Å². The minimum Gasteiger partial charge on any atom is -0.371 e. The summed E-state index contributed by atoms with van der Waals surface area (Å²) in [6, 6.07) is 0. The fourth-order valence-corrected chi connectivity index (χ4v) is 0.389. The van der Waals surface area contributed by atoms with Gasteiger partial charge in [0.25, 0.3) is 0 Å². The number of rotatable bonds is 1. The van der Waals surface area contributed by atoms with Crippen LogP contribution in [0.5, 0.6) is 0 Å². The number of anilines is 1. The summed E-state index contributed by atoms with van der Waals surface area (Å²) < 4.78 is 0. The quantitative estimate of drug-likeness (QED) is 0.563. The van der Waals surface area contributed by atoms with Crippen LogP contribution >= 0.6 is 0 Å². The second-order valence-corrected chi connectivity index (χ2v) is 1.27. The normalized spacial score (nSPS) is 8.62. The number of nitrogens with one attached hydrogen (secondary N) is 1. The molecule has 0 saturated heterocycles. The lowest BCUT2D eigenvalue weighted by Gasteiger charge is -1.91. The lowest BCUT2D eigenvalue weighted by atomic mass is 10.7. The van der Waals surface area contributed by atoms with E-state index in [9.17, 15) is 0 Å². The van der Waals surface area contributed by atoms with Gasteiger partial charge in [0, 0.05) is 19.4 Å². The number of hydrogen-bond acceptors (Lipinski definition) is 3. The highest BCUT2D eigenvalue weighted by atomic mass is 15.0. The van der Waals surface area contributed by atoms with E-state index in [0.29, 0.717) is 5.82 Å². The van der Waals surface area contributed by atoms with Gasteiger partial charge in [-0.15, -0.1) is 0 Å². The molecule has 0 aliphatic heterocycles. The monoisotopic (exact) mass is 108 g/mol. The Labute approximate surface area is 47.8 Å². The minimum atomic E-state index is 0.674. The van der Waals surface area contributed by atoms with Crippen LogP contribution in [0.4, 0.5) is 5.82 Å². The molecule has 0 aliphatic carbocycles. The Morgan fingerprint density at radius 1 is 1.62 bits per heavy atom. The van der Waals surface area contributed by atoms with Crippen LogP contribution in [-0.2, 0) is 0 Å². The van der Waals surface area contributed by atoms with Gasteiger partial charge in [-0.3, -0.25) is 0 Å². The molecule has 0 spiro atoms. The average Bonchev–Trinajstić information content (AvgIpc) is 1.90. The van der Waals surface area contributed by atoms with Crippen molar-refractivity contribution in [2.75, 3.05) is 12.4 Å². The van der Waals surface area contributed by atoms with Crippen molar-refractivity contribution >= 4 is 5.82 Å². The number of hydrogen-bond donors (Lipinski definition) is 1. The standard InChI is InChI=1S/C5H6N3/c1-6-5-4-7-2-3-8-5/h2-3H,1H3,(H,6,8). The molecule has 1 rings (SSSR count). The van der Waals surface area contributed by atoms with Crippen LogP contribution in [-0.4, -0.2) is 17.0 Å². The molecule has 3 heteroatoms. The molecule has 0 aromatic carbocycles. The Kier molecular flexibility index (Phi) is 1.42. The Hall–Kier alpha value is -1.12. The minimum absolute atomic E-state index is 0.674. The molecule has 0 fully saturated rings. The molecule has 0 saturated carbocycles. The molecule has 1 radical (unpaired) electrons. The largest absolute Gasteiger partial charge is 0.371 e. The maximum atomic E-state index is 3.87. The Balaban J connectivity index is 2.83. The van der Waals surface area contributed by atoms with E-state index in [0.717, 1.165) is 0 Å². The lowest BCUT2D eigenvalue weighted by Crippen LogP contribution is -1.91. The first-order valence-electron chi connectivity index (χ1n) is 2.30. The third-order valence-corrected chi connectivity index (χ3v) is 0.752. The Morgan fingerprint density at radius 2 is 2.50 bits per heavy atom. The summed E-state index contributed by atoms with van der Waals surface area (Å²) in [6.07, 6.45) is 5.84. The van der Waals surface area contributed by atoms with Crippen molar-refractivity contribution in [1.29, 1.82) is 0 Å². The molecular formula is C5H6N3. The van der Waals surface area contributed by atoms with Crippen LogP contribution in [0.3, 0.4) is 0 Å². The van der Waals surface area contributed by atoms with E-state index in [1.54, 1.807) is 19.4 Å².